The summed E-state index contributed by atoms with van der Waals surface area (Å²) in [6, 6.07) is 12.2. The summed E-state index contributed by atoms with van der Waals surface area (Å²) in [5.41, 5.74) is 1.98. The number of hydrogen-bond donors (Lipinski definition) is 0. The van der Waals surface area contributed by atoms with E-state index in [-0.39, 0.29) is 5.41 Å². The molecule has 0 aliphatic rings. The topological polar surface area (TPSA) is 18.5 Å². The zero-order chi connectivity index (χ0) is 20.7. The molecule has 2 nitrogen and oxygen atoms in total. The van der Waals surface area contributed by atoms with Crippen LogP contribution in [0.25, 0.3) is 0 Å². The molecule has 0 aliphatic carbocycles. The Kier molecular flexibility index (Phi) is 8.52. The fourth-order valence-electron chi connectivity index (χ4n) is 2.87. The van der Waals surface area contributed by atoms with Gasteiger partial charge < -0.3 is 9.47 Å². The Morgan fingerprint density at radius 1 is 0.929 bits per heavy atom. The molecule has 0 heterocycles. The second kappa shape index (κ2) is 10.4. The number of benzene rings is 2. The van der Waals surface area contributed by atoms with Gasteiger partial charge in [0.1, 0.15) is 5.75 Å². The first kappa shape index (κ1) is 22.9. The van der Waals surface area contributed by atoms with E-state index < -0.39 is 0 Å². The summed E-state index contributed by atoms with van der Waals surface area (Å²) in [5.74, 6) is 1.93. The van der Waals surface area contributed by atoms with E-state index in [1.54, 1.807) is 0 Å². The van der Waals surface area contributed by atoms with Crippen LogP contribution in [0.1, 0.15) is 65.0 Å². The molecule has 0 aliphatic heterocycles. The van der Waals surface area contributed by atoms with Crippen molar-refractivity contribution in [2.45, 2.75) is 59.3 Å². The van der Waals surface area contributed by atoms with E-state index >= 15 is 0 Å². The summed E-state index contributed by atoms with van der Waals surface area (Å²) in [6.45, 7) is 12.1. The van der Waals surface area contributed by atoms with Crippen LogP contribution in [0.4, 0.5) is 0 Å². The molecule has 154 valence electrons. The highest BCUT2D eigenvalue weighted by atomic mass is 35.5. The lowest BCUT2D eigenvalue weighted by Crippen LogP contribution is -2.19. The average Bonchev–Trinajstić information content (AvgIpc) is 2.67. The third-order valence-corrected chi connectivity index (χ3v) is 5.83. The summed E-state index contributed by atoms with van der Waals surface area (Å²) in [7, 11) is 0. The predicted octanol–water partition coefficient (Wildman–Crippen LogP) is 7.92. The zero-order valence-electron chi connectivity index (χ0n) is 17.6. The smallest absolute Gasteiger partial charge is 0.156 e. The maximum atomic E-state index is 6.52. The summed E-state index contributed by atoms with van der Waals surface area (Å²) < 4.78 is 11.6. The van der Waals surface area contributed by atoms with Crippen molar-refractivity contribution < 1.29 is 9.47 Å². The Labute approximate surface area is 180 Å². The lowest BCUT2D eigenvalue weighted by Gasteiger charge is -2.27. The molecule has 0 N–H and O–H groups in total. The molecule has 0 bridgehead atoms. The zero-order valence-corrected chi connectivity index (χ0v) is 19.2. The highest BCUT2D eigenvalue weighted by molar-refractivity contribution is 6.37. The number of halogens is 2. The van der Waals surface area contributed by atoms with Gasteiger partial charge in [0.25, 0.3) is 0 Å². The Bertz CT molecular complexity index is 731. The first-order chi connectivity index (χ1) is 13.3. The molecule has 1 atom stereocenters. The van der Waals surface area contributed by atoms with Crippen LogP contribution in [-0.2, 0) is 5.41 Å². The number of rotatable bonds is 10. The van der Waals surface area contributed by atoms with Crippen LogP contribution < -0.4 is 9.47 Å². The second-order valence-electron chi connectivity index (χ2n) is 7.94. The first-order valence-corrected chi connectivity index (χ1v) is 10.9. The van der Waals surface area contributed by atoms with Crippen molar-refractivity contribution in [3.05, 3.63) is 57.6 Å². The van der Waals surface area contributed by atoms with E-state index in [1.807, 2.05) is 24.3 Å². The normalized spacial score (nSPS) is 12.7. The summed E-state index contributed by atoms with van der Waals surface area (Å²) in [4.78, 5) is 0. The van der Waals surface area contributed by atoms with Gasteiger partial charge in [-0.2, -0.15) is 0 Å². The van der Waals surface area contributed by atoms with Crippen LogP contribution in [0.3, 0.4) is 0 Å². The maximum absolute atomic E-state index is 6.52. The van der Waals surface area contributed by atoms with Gasteiger partial charge >= 0.3 is 0 Å². The Hall–Kier alpha value is -1.38. The van der Waals surface area contributed by atoms with Crippen LogP contribution in [0.5, 0.6) is 11.5 Å². The maximum Gasteiger partial charge on any atom is 0.156 e. The molecule has 0 fully saturated rings. The van der Waals surface area contributed by atoms with Crippen molar-refractivity contribution in [3.63, 3.8) is 0 Å². The monoisotopic (exact) mass is 422 g/mol. The molecule has 0 spiro atoms. The van der Waals surface area contributed by atoms with E-state index in [2.05, 4.69) is 46.8 Å². The molecule has 0 unspecified atom stereocenters. The summed E-state index contributed by atoms with van der Waals surface area (Å²) in [6.07, 6.45) is 3.25. The van der Waals surface area contributed by atoms with Crippen molar-refractivity contribution >= 4 is 23.2 Å². The van der Waals surface area contributed by atoms with Crippen molar-refractivity contribution in [1.82, 2.24) is 0 Å². The molecular weight excluding hydrogens is 391 g/mol. The SMILES string of the molecule is CCCCOc1ccc(C(C)(C)c2cc(Cl)c(OC[C@@H](C)CC)c(Cl)c2)cc1. The van der Waals surface area contributed by atoms with Crippen molar-refractivity contribution in [2.75, 3.05) is 13.2 Å². The van der Waals surface area contributed by atoms with Gasteiger partial charge in [0.15, 0.2) is 5.75 Å². The highest BCUT2D eigenvalue weighted by Crippen LogP contribution is 2.40. The highest BCUT2D eigenvalue weighted by Gasteiger charge is 2.25. The number of ether oxygens (including phenoxy) is 2. The van der Waals surface area contributed by atoms with Crippen LogP contribution in [0, 0.1) is 5.92 Å². The summed E-state index contributed by atoms with van der Waals surface area (Å²) in [5, 5.41) is 1.11. The number of unbranched alkanes of at least 4 members (excludes halogenated alkanes) is 1. The van der Waals surface area contributed by atoms with Crippen molar-refractivity contribution in [3.8, 4) is 11.5 Å². The third kappa shape index (κ3) is 5.81. The van der Waals surface area contributed by atoms with Crippen LogP contribution in [0.15, 0.2) is 36.4 Å². The van der Waals surface area contributed by atoms with Crippen LogP contribution in [-0.4, -0.2) is 13.2 Å². The fraction of sp³-hybridized carbons (Fsp3) is 0.500. The van der Waals surface area contributed by atoms with Gasteiger partial charge in [0.2, 0.25) is 0 Å². The van der Waals surface area contributed by atoms with Crippen molar-refractivity contribution in [2.24, 2.45) is 5.92 Å². The van der Waals surface area contributed by atoms with Gasteiger partial charge in [0, 0.05) is 5.41 Å². The van der Waals surface area contributed by atoms with Gasteiger partial charge in [-0.25, -0.2) is 0 Å². The van der Waals surface area contributed by atoms with E-state index in [0.29, 0.717) is 28.3 Å². The largest absolute Gasteiger partial charge is 0.494 e. The average molecular weight is 423 g/mol. The van der Waals surface area contributed by atoms with Gasteiger partial charge in [-0.05, 0) is 47.7 Å². The Morgan fingerprint density at radius 3 is 2.07 bits per heavy atom. The van der Waals surface area contributed by atoms with E-state index in [0.717, 1.165) is 37.2 Å². The lowest BCUT2D eigenvalue weighted by molar-refractivity contribution is 0.257. The molecule has 28 heavy (non-hydrogen) atoms. The minimum atomic E-state index is -0.246. The van der Waals surface area contributed by atoms with E-state index in [1.165, 1.54) is 5.56 Å². The van der Waals surface area contributed by atoms with Gasteiger partial charge in [-0.1, -0.05) is 82.8 Å². The fourth-order valence-corrected chi connectivity index (χ4v) is 3.47. The van der Waals surface area contributed by atoms with E-state index in [9.17, 15) is 0 Å². The minimum absolute atomic E-state index is 0.246. The third-order valence-electron chi connectivity index (χ3n) is 5.27. The molecule has 2 aromatic carbocycles. The molecule has 0 amide bonds. The molecule has 2 rings (SSSR count). The first-order valence-electron chi connectivity index (χ1n) is 10.1. The number of hydrogen-bond acceptors (Lipinski definition) is 2. The van der Waals surface area contributed by atoms with Crippen LogP contribution >= 0.6 is 23.2 Å². The summed E-state index contributed by atoms with van der Waals surface area (Å²) >= 11 is 13.0. The van der Waals surface area contributed by atoms with E-state index in [4.69, 9.17) is 32.7 Å². The second-order valence-corrected chi connectivity index (χ2v) is 8.76. The molecule has 4 heteroatoms. The molecule has 0 aromatic heterocycles. The quantitative estimate of drug-likeness (QED) is 0.361. The lowest BCUT2D eigenvalue weighted by atomic mass is 9.78. The van der Waals surface area contributed by atoms with Crippen molar-refractivity contribution in [1.29, 1.82) is 0 Å². The predicted molar refractivity (Wildman–Crippen MR) is 120 cm³/mol. The minimum Gasteiger partial charge on any atom is -0.494 e. The van der Waals surface area contributed by atoms with Crippen LogP contribution in [0.2, 0.25) is 10.0 Å². The standard InChI is InChI=1S/C24H32Cl2O2/c1-6-8-13-27-20-11-9-18(10-12-20)24(4,5)19-14-21(25)23(22(26)15-19)28-16-17(3)7-2/h9-12,14-15,17H,6-8,13,16H2,1-5H3/t17-/m0/s1. The van der Waals surface area contributed by atoms with Gasteiger partial charge in [-0.15, -0.1) is 0 Å². The Balaban J connectivity index is 2.20. The molecule has 0 radical (unpaired) electrons. The van der Waals surface area contributed by atoms with Gasteiger partial charge in [-0.3, -0.25) is 0 Å². The molecule has 0 saturated heterocycles. The van der Waals surface area contributed by atoms with Gasteiger partial charge in [0.05, 0.1) is 23.3 Å². The molecule has 0 saturated carbocycles. The Morgan fingerprint density at radius 2 is 1.54 bits per heavy atom. The molecular formula is C24H32Cl2O2. The molecule has 2 aromatic rings.